The molecule has 0 spiro atoms. The fraction of sp³-hybridized carbons (Fsp3) is 0.943. The first-order valence-corrected chi connectivity index (χ1v) is 39.5. The number of esters is 4. The van der Waals surface area contributed by atoms with E-state index in [0.29, 0.717) is 25.7 Å². The van der Waals surface area contributed by atoms with E-state index < -0.39 is 97.5 Å². The average molecular weight is 1310 g/mol. The van der Waals surface area contributed by atoms with Gasteiger partial charge in [0.25, 0.3) is 0 Å². The molecule has 3 unspecified atom stereocenters. The summed E-state index contributed by atoms with van der Waals surface area (Å²) in [6.07, 6.45) is 47.4. The second-order valence-electron chi connectivity index (χ2n) is 26.0. The highest BCUT2D eigenvalue weighted by atomic mass is 31.2. The first-order valence-electron chi connectivity index (χ1n) is 36.5. The molecule has 89 heavy (non-hydrogen) atoms. The van der Waals surface area contributed by atoms with E-state index >= 15 is 0 Å². The van der Waals surface area contributed by atoms with Crippen molar-refractivity contribution in [3.8, 4) is 0 Å². The maximum atomic E-state index is 13.0. The summed E-state index contributed by atoms with van der Waals surface area (Å²) in [6.45, 7) is 9.45. The minimum Gasteiger partial charge on any atom is -0.462 e. The molecule has 0 aliphatic heterocycles. The second-order valence-corrected chi connectivity index (χ2v) is 28.9. The van der Waals surface area contributed by atoms with Crippen molar-refractivity contribution in [1.29, 1.82) is 0 Å². The van der Waals surface area contributed by atoms with Gasteiger partial charge < -0.3 is 33.8 Å². The van der Waals surface area contributed by atoms with Gasteiger partial charge in [-0.2, -0.15) is 0 Å². The summed E-state index contributed by atoms with van der Waals surface area (Å²) < 4.78 is 68.2. The Kier molecular flexibility index (Phi) is 60.8. The van der Waals surface area contributed by atoms with E-state index in [1.165, 1.54) is 173 Å². The van der Waals surface area contributed by atoms with E-state index in [-0.39, 0.29) is 25.7 Å². The van der Waals surface area contributed by atoms with Crippen LogP contribution in [0.15, 0.2) is 0 Å². The van der Waals surface area contributed by atoms with Crippen LogP contribution in [-0.2, 0) is 65.4 Å². The number of aliphatic hydroxyl groups is 1. The Bertz CT molecular complexity index is 1740. The molecule has 6 atom stereocenters. The molecule has 0 aromatic heterocycles. The Morgan fingerprint density at radius 1 is 0.326 bits per heavy atom. The molecule has 0 rings (SSSR count). The van der Waals surface area contributed by atoms with Crippen LogP contribution in [0.3, 0.4) is 0 Å². The Hall–Kier alpha value is -1.94. The molecular weight excluding hydrogens is 1170 g/mol. The van der Waals surface area contributed by atoms with Crippen molar-refractivity contribution in [3.63, 3.8) is 0 Å². The Labute approximate surface area is 543 Å². The number of hydrogen-bond acceptors (Lipinski definition) is 15. The molecule has 0 aromatic carbocycles. The van der Waals surface area contributed by atoms with Gasteiger partial charge in [0.1, 0.15) is 19.3 Å². The molecule has 0 aliphatic carbocycles. The van der Waals surface area contributed by atoms with Gasteiger partial charge in [-0.25, -0.2) is 9.13 Å². The molecule has 528 valence electrons. The smallest absolute Gasteiger partial charge is 0.462 e. The molecule has 17 nitrogen and oxygen atoms in total. The third-order valence-corrected chi connectivity index (χ3v) is 18.5. The number of carbonyl (C=O) groups excluding carboxylic acids is 4. The van der Waals surface area contributed by atoms with Gasteiger partial charge in [-0.1, -0.05) is 305 Å². The number of phosphoric ester groups is 2. The maximum Gasteiger partial charge on any atom is 0.472 e. The summed E-state index contributed by atoms with van der Waals surface area (Å²) in [5.41, 5.74) is 0. The topological polar surface area (TPSA) is 237 Å². The lowest BCUT2D eigenvalue weighted by atomic mass is 10.00. The van der Waals surface area contributed by atoms with Crippen molar-refractivity contribution in [2.75, 3.05) is 39.6 Å². The van der Waals surface area contributed by atoms with Gasteiger partial charge in [-0.15, -0.1) is 0 Å². The third-order valence-electron chi connectivity index (χ3n) is 16.6. The summed E-state index contributed by atoms with van der Waals surface area (Å²) in [7, 11) is -9.90. The monoisotopic (exact) mass is 1310 g/mol. The summed E-state index contributed by atoms with van der Waals surface area (Å²) in [5, 5.41) is 10.6. The highest BCUT2D eigenvalue weighted by molar-refractivity contribution is 7.47. The van der Waals surface area contributed by atoms with Crippen LogP contribution in [-0.4, -0.2) is 96.7 Å². The standard InChI is InChI=1S/C70H136O17P2/c1-7-10-12-14-16-18-19-20-21-22-23-24-25-26-27-29-35-42-48-54-69(74)86-65(58-81-68(73)53-47-41-34-31-30-32-38-44-50-62(4)5)60-84-88(76,77)82-56-64(71)57-83-89(78,79)85-61-66(59-80-67(72)52-46-40-33-28-17-15-13-11-8-2)87-70(75)55-49-43-37-36-39-45-51-63(6)9-3/h62-66,71H,7-61H2,1-6H3,(H,76,77)(H,78,79)/t63?,64-,65-,66-/m1/s1. The molecule has 0 aromatic rings. The zero-order valence-electron chi connectivity index (χ0n) is 57.7. The Balaban J connectivity index is 5.19. The average Bonchev–Trinajstić information content (AvgIpc) is 3.71. The van der Waals surface area contributed by atoms with E-state index in [1.807, 2.05) is 0 Å². The third kappa shape index (κ3) is 63.2. The van der Waals surface area contributed by atoms with Crippen LogP contribution in [0.4, 0.5) is 0 Å². The first kappa shape index (κ1) is 87.1. The summed E-state index contributed by atoms with van der Waals surface area (Å²) in [6, 6.07) is 0. The van der Waals surface area contributed by atoms with E-state index in [2.05, 4.69) is 41.5 Å². The molecule has 0 heterocycles. The molecule has 19 heteroatoms. The molecule has 0 radical (unpaired) electrons. The van der Waals surface area contributed by atoms with E-state index in [9.17, 15) is 43.2 Å². The van der Waals surface area contributed by atoms with Crippen molar-refractivity contribution in [1.82, 2.24) is 0 Å². The Morgan fingerprint density at radius 2 is 0.573 bits per heavy atom. The molecule has 0 saturated carbocycles. The molecule has 0 saturated heterocycles. The summed E-state index contributed by atoms with van der Waals surface area (Å²) in [4.78, 5) is 72.4. The van der Waals surface area contributed by atoms with Crippen molar-refractivity contribution >= 4 is 39.5 Å². The van der Waals surface area contributed by atoms with Crippen LogP contribution >= 0.6 is 15.6 Å². The van der Waals surface area contributed by atoms with Gasteiger partial charge in [0.2, 0.25) is 0 Å². The number of rotatable bonds is 69. The quantitative estimate of drug-likeness (QED) is 0.0222. The summed E-state index contributed by atoms with van der Waals surface area (Å²) in [5.74, 6) is -0.683. The van der Waals surface area contributed by atoms with Gasteiger partial charge >= 0.3 is 39.5 Å². The number of aliphatic hydroxyl groups excluding tert-OH is 1. The van der Waals surface area contributed by atoms with Crippen LogP contribution in [0.5, 0.6) is 0 Å². The zero-order valence-corrected chi connectivity index (χ0v) is 59.5. The predicted molar refractivity (Wildman–Crippen MR) is 358 cm³/mol. The number of hydrogen-bond donors (Lipinski definition) is 3. The van der Waals surface area contributed by atoms with E-state index in [1.54, 1.807) is 0 Å². The minimum absolute atomic E-state index is 0.103. The Morgan fingerprint density at radius 3 is 0.854 bits per heavy atom. The molecule has 0 aliphatic rings. The van der Waals surface area contributed by atoms with Crippen LogP contribution in [0.2, 0.25) is 0 Å². The predicted octanol–water partition coefficient (Wildman–Crippen LogP) is 20.0. The van der Waals surface area contributed by atoms with Crippen LogP contribution in [0, 0.1) is 11.8 Å². The number of carbonyl (C=O) groups is 4. The van der Waals surface area contributed by atoms with Crippen molar-refractivity contribution in [3.05, 3.63) is 0 Å². The second kappa shape index (κ2) is 62.2. The lowest BCUT2D eigenvalue weighted by Crippen LogP contribution is -2.30. The molecule has 0 fully saturated rings. The van der Waals surface area contributed by atoms with Crippen molar-refractivity contribution in [2.45, 2.75) is 374 Å². The lowest BCUT2D eigenvalue weighted by molar-refractivity contribution is -0.161. The van der Waals surface area contributed by atoms with Crippen LogP contribution in [0.1, 0.15) is 356 Å². The number of unbranched alkanes of at least 4 members (excludes halogenated alkanes) is 38. The molecule has 0 bridgehead atoms. The largest absolute Gasteiger partial charge is 0.472 e. The number of phosphoric acid groups is 2. The lowest BCUT2D eigenvalue weighted by Gasteiger charge is -2.21. The summed E-state index contributed by atoms with van der Waals surface area (Å²) >= 11 is 0. The highest BCUT2D eigenvalue weighted by Gasteiger charge is 2.30. The van der Waals surface area contributed by atoms with Crippen LogP contribution in [0.25, 0.3) is 0 Å². The molecular formula is C70H136O17P2. The van der Waals surface area contributed by atoms with Gasteiger partial charge in [-0.3, -0.25) is 37.3 Å². The fourth-order valence-corrected chi connectivity index (χ4v) is 12.1. The molecule has 3 N–H and O–H groups in total. The van der Waals surface area contributed by atoms with E-state index in [4.69, 9.17) is 37.0 Å². The highest BCUT2D eigenvalue weighted by Crippen LogP contribution is 2.45. The maximum absolute atomic E-state index is 13.0. The SMILES string of the molecule is CCCCCCCCCCCCCCCCCCCCCC(=O)O[C@H](COC(=O)CCCCCCCCCCC(C)C)COP(=O)(O)OC[C@@H](O)COP(=O)(O)OC[C@@H](COC(=O)CCCCCCCCCCC)OC(=O)CCCCCCCCC(C)CC. The van der Waals surface area contributed by atoms with Gasteiger partial charge in [0, 0.05) is 25.7 Å². The fourth-order valence-electron chi connectivity index (χ4n) is 10.6. The van der Waals surface area contributed by atoms with Gasteiger partial charge in [0.05, 0.1) is 26.4 Å². The van der Waals surface area contributed by atoms with Gasteiger partial charge in [-0.05, 0) is 37.5 Å². The first-order chi connectivity index (χ1) is 42.9. The van der Waals surface area contributed by atoms with Crippen LogP contribution < -0.4 is 0 Å². The molecule has 0 amide bonds. The van der Waals surface area contributed by atoms with Gasteiger partial charge in [0.15, 0.2) is 12.2 Å². The van der Waals surface area contributed by atoms with Crippen molar-refractivity contribution < 1.29 is 80.2 Å². The minimum atomic E-state index is -4.95. The van der Waals surface area contributed by atoms with E-state index in [0.717, 1.165) is 102 Å². The number of ether oxygens (including phenoxy) is 4. The zero-order chi connectivity index (χ0) is 65.7. The normalized spacial score (nSPS) is 14.4. The van der Waals surface area contributed by atoms with Crippen molar-refractivity contribution in [2.24, 2.45) is 11.8 Å².